The minimum atomic E-state index is -0.532. The summed E-state index contributed by atoms with van der Waals surface area (Å²) in [6.07, 6.45) is 4.33. The quantitative estimate of drug-likeness (QED) is 0.449. The second-order valence-electron chi connectivity index (χ2n) is 7.84. The minimum Gasteiger partial charge on any atom is -0.453 e. The Morgan fingerprint density at radius 3 is 2.78 bits per heavy atom. The molecule has 0 saturated heterocycles. The number of rotatable bonds is 8. The fourth-order valence-electron chi connectivity index (χ4n) is 3.32. The Labute approximate surface area is 191 Å². The predicted octanol–water partition coefficient (Wildman–Crippen LogP) is 5.66. The van der Waals surface area contributed by atoms with E-state index in [0.29, 0.717) is 30.3 Å². The lowest BCUT2D eigenvalue weighted by Gasteiger charge is -2.12. The Balaban J connectivity index is 1.48. The molecule has 0 unspecified atom stereocenters. The second kappa shape index (κ2) is 10.1. The number of nitrogens with zero attached hydrogens (tertiary/aromatic N) is 2. The second-order valence-corrected chi connectivity index (χ2v) is 8.89. The molecule has 1 N–H and O–H groups in total. The average molecular weight is 452 g/mol. The van der Waals surface area contributed by atoms with Crippen LogP contribution in [0.4, 0.5) is 10.1 Å². The highest BCUT2D eigenvalue weighted by atomic mass is 32.1. The molecule has 0 aliphatic heterocycles. The van der Waals surface area contributed by atoms with Crippen molar-refractivity contribution in [3.63, 3.8) is 0 Å². The summed E-state index contributed by atoms with van der Waals surface area (Å²) < 4.78 is 21.4. The van der Waals surface area contributed by atoms with Crippen LogP contribution in [0.15, 0.2) is 36.5 Å². The first-order valence-corrected chi connectivity index (χ1v) is 11.7. The van der Waals surface area contributed by atoms with Gasteiger partial charge in [0, 0.05) is 30.4 Å². The molecule has 7 heteroatoms. The van der Waals surface area contributed by atoms with Gasteiger partial charge >= 0.3 is 0 Å². The molecule has 0 atom stereocenters. The first-order chi connectivity index (χ1) is 15.6. The summed E-state index contributed by atoms with van der Waals surface area (Å²) in [4.78, 5) is 19.5. The van der Waals surface area contributed by atoms with E-state index in [2.05, 4.69) is 40.9 Å². The maximum Gasteiger partial charge on any atom is 0.224 e. The lowest BCUT2D eigenvalue weighted by atomic mass is 10.2. The van der Waals surface area contributed by atoms with Crippen molar-refractivity contribution in [3.8, 4) is 23.3 Å². The lowest BCUT2D eigenvalue weighted by molar-refractivity contribution is -0.116. The number of carbonyl (C=O) groups excluding carboxylic acids is 1. The van der Waals surface area contributed by atoms with Crippen molar-refractivity contribution in [2.75, 3.05) is 25.0 Å². The van der Waals surface area contributed by atoms with Gasteiger partial charge < -0.3 is 10.1 Å². The molecule has 1 amide bonds. The number of amides is 1. The Hall–Kier alpha value is -2.95. The van der Waals surface area contributed by atoms with Crippen LogP contribution in [0.2, 0.25) is 0 Å². The molecule has 1 fully saturated rings. The zero-order valence-electron chi connectivity index (χ0n) is 18.3. The van der Waals surface area contributed by atoms with E-state index in [1.54, 1.807) is 18.3 Å². The number of carbonyl (C=O) groups is 1. The van der Waals surface area contributed by atoms with E-state index < -0.39 is 5.82 Å². The molecule has 1 saturated carbocycles. The standard InChI is InChI=1S/C25H26FN3O2S/c1-3-29(4-2)13-5-6-19-16-21-25(32-19)23(11-12-27-21)31-22-10-9-18(15-20(22)26)28-24(30)14-17-7-8-17/h9-12,15-17H,3-4,7-8,13-14H2,1-2H3,(H,28,30). The first kappa shape index (κ1) is 22.3. The SMILES string of the molecule is CCN(CC)CC#Cc1cc2nccc(Oc3ccc(NC(=O)CC4CC4)cc3F)c2s1. The Morgan fingerprint density at radius 1 is 1.25 bits per heavy atom. The Kier molecular flexibility index (Phi) is 7.03. The largest absolute Gasteiger partial charge is 0.453 e. The number of benzene rings is 1. The number of hydrogen-bond donors (Lipinski definition) is 1. The van der Waals surface area contributed by atoms with Crippen LogP contribution in [0, 0.1) is 23.6 Å². The minimum absolute atomic E-state index is 0.0790. The Morgan fingerprint density at radius 2 is 2.06 bits per heavy atom. The van der Waals surface area contributed by atoms with Crippen LogP contribution in [0.25, 0.3) is 10.2 Å². The number of aromatic nitrogens is 1. The molecule has 1 aromatic carbocycles. The number of nitrogens with one attached hydrogen (secondary N) is 1. The topological polar surface area (TPSA) is 54.5 Å². The molecule has 0 spiro atoms. The number of anilines is 1. The molecule has 0 bridgehead atoms. The molecule has 0 radical (unpaired) electrons. The zero-order chi connectivity index (χ0) is 22.5. The zero-order valence-corrected chi connectivity index (χ0v) is 19.1. The average Bonchev–Trinajstić information content (AvgIpc) is 3.48. The molecular formula is C25H26FN3O2S. The third kappa shape index (κ3) is 5.64. The number of thiophene rings is 1. The van der Waals surface area contributed by atoms with E-state index in [4.69, 9.17) is 4.74 Å². The van der Waals surface area contributed by atoms with E-state index in [1.807, 2.05) is 6.07 Å². The number of pyridine rings is 1. The van der Waals surface area contributed by atoms with Gasteiger partial charge in [0.15, 0.2) is 11.6 Å². The van der Waals surface area contributed by atoms with Crippen LogP contribution in [-0.2, 0) is 4.79 Å². The van der Waals surface area contributed by atoms with E-state index in [9.17, 15) is 9.18 Å². The van der Waals surface area contributed by atoms with Gasteiger partial charge in [-0.1, -0.05) is 25.7 Å². The summed E-state index contributed by atoms with van der Waals surface area (Å²) in [7, 11) is 0. The van der Waals surface area contributed by atoms with Crippen molar-refractivity contribution in [2.45, 2.75) is 33.1 Å². The van der Waals surface area contributed by atoms with Gasteiger partial charge in [0.1, 0.15) is 5.75 Å². The third-order valence-corrected chi connectivity index (χ3v) is 6.45. The summed E-state index contributed by atoms with van der Waals surface area (Å²) in [6, 6.07) is 8.12. The Bertz CT molecular complexity index is 1170. The van der Waals surface area contributed by atoms with Gasteiger partial charge in [0.05, 0.1) is 21.6 Å². The van der Waals surface area contributed by atoms with Gasteiger partial charge in [0.2, 0.25) is 5.91 Å². The first-order valence-electron chi connectivity index (χ1n) is 10.9. The molecular weight excluding hydrogens is 425 g/mol. The molecule has 2 aromatic heterocycles. The lowest BCUT2D eigenvalue weighted by Crippen LogP contribution is -2.22. The summed E-state index contributed by atoms with van der Waals surface area (Å²) in [6.45, 7) is 6.88. The highest BCUT2D eigenvalue weighted by Crippen LogP contribution is 2.36. The van der Waals surface area contributed by atoms with Crippen molar-refractivity contribution in [1.82, 2.24) is 9.88 Å². The fourth-order valence-corrected chi connectivity index (χ4v) is 4.26. The summed E-state index contributed by atoms with van der Waals surface area (Å²) in [5.41, 5.74) is 1.20. The van der Waals surface area contributed by atoms with E-state index in [1.165, 1.54) is 23.5 Å². The highest BCUT2D eigenvalue weighted by Gasteiger charge is 2.24. The molecule has 1 aliphatic carbocycles. The number of fused-ring (bicyclic) bond motifs is 1. The third-order valence-electron chi connectivity index (χ3n) is 5.39. The van der Waals surface area contributed by atoms with Gasteiger partial charge in [-0.05, 0) is 50.0 Å². The van der Waals surface area contributed by atoms with Crippen LogP contribution in [0.3, 0.4) is 0 Å². The van der Waals surface area contributed by atoms with Gasteiger partial charge in [-0.2, -0.15) is 0 Å². The van der Waals surface area contributed by atoms with Gasteiger partial charge in [0.25, 0.3) is 0 Å². The van der Waals surface area contributed by atoms with Crippen LogP contribution < -0.4 is 10.1 Å². The number of halogens is 1. The summed E-state index contributed by atoms with van der Waals surface area (Å²) >= 11 is 1.48. The van der Waals surface area contributed by atoms with Gasteiger partial charge in [-0.25, -0.2) is 4.39 Å². The van der Waals surface area contributed by atoms with Crippen LogP contribution in [0.1, 0.15) is 38.0 Å². The maximum absolute atomic E-state index is 14.7. The normalized spacial score (nSPS) is 13.1. The van der Waals surface area contributed by atoms with Gasteiger partial charge in [-0.15, -0.1) is 11.3 Å². The van der Waals surface area contributed by atoms with E-state index in [-0.39, 0.29) is 11.7 Å². The molecule has 5 nitrogen and oxygen atoms in total. The highest BCUT2D eigenvalue weighted by molar-refractivity contribution is 7.19. The summed E-state index contributed by atoms with van der Waals surface area (Å²) in [5, 5.41) is 2.75. The van der Waals surface area contributed by atoms with Crippen molar-refractivity contribution in [1.29, 1.82) is 0 Å². The molecule has 2 heterocycles. The molecule has 1 aliphatic rings. The number of ether oxygens (including phenoxy) is 1. The monoisotopic (exact) mass is 451 g/mol. The van der Waals surface area contributed by atoms with Crippen molar-refractivity contribution in [2.24, 2.45) is 5.92 Å². The van der Waals surface area contributed by atoms with Crippen LogP contribution in [0.5, 0.6) is 11.5 Å². The van der Waals surface area contributed by atoms with Crippen molar-refractivity contribution >= 4 is 33.1 Å². The molecule has 3 aromatic rings. The van der Waals surface area contributed by atoms with E-state index >= 15 is 0 Å². The maximum atomic E-state index is 14.7. The number of hydrogen-bond acceptors (Lipinski definition) is 5. The smallest absolute Gasteiger partial charge is 0.224 e. The van der Waals surface area contributed by atoms with Crippen LogP contribution >= 0.6 is 11.3 Å². The summed E-state index contributed by atoms with van der Waals surface area (Å²) in [5.74, 6) is 6.90. The van der Waals surface area contributed by atoms with Crippen molar-refractivity contribution < 1.29 is 13.9 Å². The fraction of sp³-hybridized carbons (Fsp3) is 0.360. The molecule has 4 rings (SSSR count). The van der Waals surface area contributed by atoms with Crippen molar-refractivity contribution in [3.05, 3.63) is 47.2 Å². The predicted molar refractivity (Wildman–Crippen MR) is 127 cm³/mol. The molecule has 166 valence electrons. The molecule has 32 heavy (non-hydrogen) atoms. The van der Waals surface area contributed by atoms with Gasteiger partial charge in [-0.3, -0.25) is 14.7 Å². The van der Waals surface area contributed by atoms with E-state index in [0.717, 1.165) is 41.0 Å². The van der Waals surface area contributed by atoms with Crippen LogP contribution in [-0.4, -0.2) is 35.4 Å².